The Bertz CT molecular complexity index is 638. The molecule has 0 saturated carbocycles. The summed E-state index contributed by atoms with van der Waals surface area (Å²) in [6, 6.07) is 7.12. The van der Waals surface area contributed by atoms with Crippen molar-refractivity contribution in [3.8, 4) is 0 Å². The van der Waals surface area contributed by atoms with E-state index in [0.717, 1.165) is 5.56 Å². The van der Waals surface area contributed by atoms with E-state index in [0.29, 0.717) is 38.1 Å². The molecule has 1 N–H and O–H groups in total. The van der Waals surface area contributed by atoms with E-state index >= 15 is 0 Å². The summed E-state index contributed by atoms with van der Waals surface area (Å²) < 4.78 is 5.06. The third kappa shape index (κ3) is 5.03. The molecule has 7 heteroatoms. The van der Waals surface area contributed by atoms with Crippen molar-refractivity contribution in [1.82, 2.24) is 9.80 Å². The largest absolute Gasteiger partial charge is 0.481 e. The summed E-state index contributed by atoms with van der Waals surface area (Å²) in [5, 5.41) is 9.00. The van der Waals surface area contributed by atoms with Crippen molar-refractivity contribution in [2.24, 2.45) is 5.92 Å². The minimum absolute atomic E-state index is 0.0227. The Morgan fingerprint density at radius 2 is 1.96 bits per heavy atom. The third-order valence-corrected chi connectivity index (χ3v) is 4.40. The van der Waals surface area contributed by atoms with E-state index in [2.05, 4.69) is 0 Å². The van der Waals surface area contributed by atoms with Crippen molar-refractivity contribution >= 4 is 17.8 Å². The predicted octanol–water partition coefficient (Wildman–Crippen LogP) is 1.23. The average molecular weight is 348 g/mol. The normalized spacial score (nSPS) is 15.0. The SMILES string of the molecule is COCc1cccc(C(=O)N(C)CC(=O)N2CCC(C(=O)O)CC2)c1. The molecule has 1 aliphatic rings. The smallest absolute Gasteiger partial charge is 0.306 e. The van der Waals surface area contributed by atoms with Crippen LogP contribution >= 0.6 is 0 Å². The van der Waals surface area contributed by atoms with Crippen LogP contribution in [-0.4, -0.2) is 66.5 Å². The maximum Gasteiger partial charge on any atom is 0.306 e. The van der Waals surface area contributed by atoms with Gasteiger partial charge < -0.3 is 19.6 Å². The first-order valence-corrected chi connectivity index (χ1v) is 8.26. The number of aliphatic carboxylic acids is 1. The van der Waals surface area contributed by atoms with Crippen molar-refractivity contribution in [1.29, 1.82) is 0 Å². The molecule has 0 atom stereocenters. The van der Waals surface area contributed by atoms with Crippen molar-refractivity contribution in [3.05, 3.63) is 35.4 Å². The average Bonchev–Trinajstić information content (AvgIpc) is 2.61. The Morgan fingerprint density at radius 3 is 2.56 bits per heavy atom. The zero-order chi connectivity index (χ0) is 18.4. The number of amides is 2. The Balaban J connectivity index is 1.91. The van der Waals surface area contributed by atoms with Gasteiger partial charge in [0.15, 0.2) is 0 Å². The van der Waals surface area contributed by atoms with Crippen LogP contribution < -0.4 is 0 Å². The first-order valence-electron chi connectivity index (χ1n) is 8.26. The minimum atomic E-state index is -0.810. The summed E-state index contributed by atoms with van der Waals surface area (Å²) >= 11 is 0. The quantitative estimate of drug-likeness (QED) is 0.835. The highest BCUT2D eigenvalue weighted by atomic mass is 16.5. The fraction of sp³-hybridized carbons (Fsp3) is 0.500. The van der Waals surface area contributed by atoms with Crippen LogP contribution in [0.4, 0.5) is 0 Å². The summed E-state index contributed by atoms with van der Waals surface area (Å²) in [6.07, 6.45) is 0.912. The fourth-order valence-corrected chi connectivity index (χ4v) is 2.93. The van der Waals surface area contributed by atoms with Crippen LogP contribution in [0.15, 0.2) is 24.3 Å². The van der Waals surface area contributed by atoms with E-state index in [1.165, 1.54) is 4.90 Å². The highest BCUT2D eigenvalue weighted by molar-refractivity contribution is 5.96. The number of rotatable bonds is 6. The fourth-order valence-electron chi connectivity index (χ4n) is 2.93. The Morgan fingerprint density at radius 1 is 1.28 bits per heavy atom. The Hall–Kier alpha value is -2.41. The van der Waals surface area contributed by atoms with Crippen molar-refractivity contribution in [3.63, 3.8) is 0 Å². The maximum atomic E-state index is 12.5. The van der Waals surface area contributed by atoms with E-state index in [1.54, 1.807) is 37.3 Å². The minimum Gasteiger partial charge on any atom is -0.481 e. The second-order valence-electron chi connectivity index (χ2n) is 6.29. The molecule has 0 aliphatic carbocycles. The van der Waals surface area contributed by atoms with Gasteiger partial charge in [0.1, 0.15) is 0 Å². The molecule has 1 aliphatic heterocycles. The highest BCUT2D eigenvalue weighted by Gasteiger charge is 2.28. The molecule has 0 spiro atoms. The second kappa shape index (κ2) is 8.62. The summed E-state index contributed by atoms with van der Waals surface area (Å²) in [5.41, 5.74) is 1.40. The van der Waals surface area contributed by atoms with Crippen molar-refractivity contribution in [2.75, 3.05) is 33.8 Å². The van der Waals surface area contributed by atoms with Crippen LogP contribution in [0.3, 0.4) is 0 Å². The molecule has 2 rings (SSSR count). The number of carboxylic acid groups (broad SMARTS) is 1. The second-order valence-corrected chi connectivity index (χ2v) is 6.29. The number of ether oxygens (including phenoxy) is 1. The van der Waals surface area contributed by atoms with Crippen LogP contribution in [0.5, 0.6) is 0 Å². The third-order valence-electron chi connectivity index (χ3n) is 4.40. The van der Waals surface area contributed by atoms with Gasteiger partial charge >= 0.3 is 5.97 Å². The number of methoxy groups -OCH3 is 1. The number of hydrogen-bond acceptors (Lipinski definition) is 4. The molecule has 0 bridgehead atoms. The van der Waals surface area contributed by atoms with E-state index in [9.17, 15) is 14.4 Å². The molecule has 136 valence electrons. The molecule has 25 heavy (non-hydrogen) atoms. The van der Waals surface area contributed by atoms with Crippen LogP contribution in [0, 0.1) is 5.92 Å². The van der Waals surface area contributed by atoms with Crippen LogP contribution in [0.25, 0.3) is 0 Å². The van der Waals surface area contributed by atoms with Crippen molar-refractivity contribution in [2.45, 2.75) is 19.4 Å². The Labute approximate surface area is 147 Å². The number of likely N-dealkylation sites (N-methyl/N-ethyl adjacent to an activating group) is 1. The van der Waals surface area contributed by atoms with Gasteiger partial charge in [-0.2, -0.15) is 0 Å². The molecule has 2 amide bonds. The molecule has 1 saturated heterocycles. The lowest BCUT2D eigenvalue weighted by atomic mass is 9.97. The number of carbonyl (C=O) groups excluding carboxylic acids is 2. The first kappa shape index (κ1) is 18.9. The first-order chi connectivity index (χ1) is 11.9. The number of carbonyl (C=O) groups is 3. The lowest BCUT2D eigenvalue weighted by Gasteiger charge is -2.31. The summed E-state index contributed by atoms with van der Waals surface area (Å²) in [6.45, 7) is 1.23. The van der Waals surface area contributed by atoms with Gasteiger partial charge in [-0.3, -0.25) is 14.4 Å². The summed E-state index contributed by atoms with van der Waals surface area (Å²) in [7, 11) is 3.18. The lowest BCUT2D eigenvalue weighted by molar-refractivity contribution is -0.145. The van der Waals surface area contributed by atoms with E-state index < -0.39 is 5.97 Å². The van der Waals surface area contributed by atoms with E-state index in [4.69, 9.17) is 9.84 Å². The van der Waals surface area contributed by atoms with Gasteiger partial charge in [-0.05, 0) is 30.5 Å². The van der Waals surface area contributed by atoms with E-state index in [-0.39, 0.29) is 24.3 Å². The van der Waals surface area contributed by atoms with Gasteiger partial charge in [0.05, 0.1) is 19.1 Å². The molecule has 1 fully saturated rings. The number of likely N-dealkylation sites (tertiary alicyclic amines) is 1. The predicted molar refractivity (Wildman–Crippen MR) is 91.1 cm³/mol. The molecular formula is C18H24N2O5. The molecule has 0 unspecified atom stereocenters. The number of benzene rings is 1. The molecule has 7 nitrogen and oxygen atoms in total. The van der Waals surface area contributed by atoms with Crippen LogP contribution in [-0.2, 0) is 20.9 Å². The standard InChI is InChI=1S/C18H24N2O5/c1-19(17(22)15-5-3-4-13(10-15)12-25-2)11-16(21)20-8-6-14(7-9-20)18(23)24/h3-5,10,14H,6-9,11-12H2,1-2H3,(H,23,24). The number of carboxylic acids is 1. The van der Waals surface area contributed by atoms with Gasteiger partial charge in [-0.1, -0.05) is 12.1 Å². The van der Waals surface area contributed by atoms with Crippen molar-refractivity contribution < 1.29 is 24.2 Å². The molecule has 1 aromatic rings. The Kier molecular flexibility index (Phi) is 6.52. The van der Waals surface area contributed by atoms with Gasteiger partial charge in [-0.25, -0.2) is 0 Å². The van der Waals surface area contributed by atoms with Gasteiger partial charge in [-0.15, -0.1) is 0 Å². The van der Waals surface area contributed by atoms with Crippen LogP contribution in [0.1, 0.15) is 28.8 Å². The highest BCUT2D eigenvalue weighted by Crippen LogP contribution is 2.17. The zero-order valence-corrected chi connectivity index (χ0v) is 14.6. The number of nitrogens with zero attached hydrogens (tertiary/aromatic N) is 2. The number of hydrogen-bond donors (Lipinski definition) is 1. The summed E-state index contributed by atoms with van der Waals surface area (Å²) in [5.74, 6) is -1.58. The molecule has 1 heterocycles. The van der Waals surface area contributed by atoms with E-state index in [1.807, 2.05) is 6.07 Å². The topological polar surface area (TPSA) is 87.2 Å². The molecule has 0 aromatic heterocycles. The molecular weight excluding hydrogens is 324 g/mol. The molecule has 0 radical (unpaired) electrons. The monoisotopic (exact) mass is 348 g/mol. The number of piperidine rings is 1. The summed E-state index contributed by atoms with van der Waals surface area (Å²) in [4.78, 5) is 38.8. The van der Waals surface area contributed by atoms with Gasteiger partial charge in [0.2, 0.25) is 5.91 Å². The van der Waals surface area contributed by atoms with Gasteiger partial charge in [0.25, 0.3) is 5.91 Å². The van der Waals surface area contributed by atoms with Crippen LogP contribution in [0.2, 0.25) is 0 Å². The molecule has 1 aromatic carbocycles. The maximum absolute atomic E-state index is 12.5. The lowest BCUT2D eigenvalue weighted by Crippen LogP contribution is -2.45. The van der Waals surface area contributed by atoms with Gasteiger partial charge in [0, 0.05) is 32.8 Å². The zero-order valence-electron chi connectivity index (χ0n) is 14.6.